The van der Waals surface area contributed by atoms with Crippen LogP contribution in [0.1, 0.15) is 57.4 Å². The number of hydrogen-bond donors (Lipinski definition) is 0. The zero-order valence-corrected chi connectivity index (χ0v) is 15.3. The molecule has 23 heavy (non-hydrogen) atoms. The summed E-state index contributed by atoms with van der Waals surface area (Å²) >= 11 is 3.36. The molecule has 1 aromatic carbocycles. The molecule has 0 amide bonds. The Labute approximate surface area is 146 Å². The van der Waals surface area contributed by atoms with Crippen molar-refractivity contribution in [3.05, 3.63) is 34.3 Å². The summed E-state index contributed by atoms with van der Waals surface area (Å²) in [6.45, 7) is 2.82. The summed E-state index contributed by atoms with van der Waals surface area (Å²) in [5.41, 5.74) is 0.905. The van der Waals surface area contributed by atoms with E-state index in [-0.39, 0.29) is 31.4 Å². The second kappa shape index (κ2) is 12.1. The Bertz CT molecular complexity index is 488. The number of hydrogen-bond acceptors (Lipinski definition) is 4. The van der Waals surface area contributed by atoms with Crippen LogP contribution in [0, 0.1) is 0 Å². The molecule has 0 unspecified atom stereocenters. The van der Waals surface area contributed by atoms with Gasteiger partial charge in [-0.25, -0.2) is 0 Å². The molecule has 0 bridgehead atoms. The third kappa shape index (κ3) is 10.1. The van der Waals surface area contributed by atoms with Gasteiger partial charge < -0.3 is 9.47 Å². The molecule has 5 heteroatoms. The molecule has 0 heterocycles. The molecule has 4 nitrogen and oxygen atoms in total. The van der Waals surface area contributed by atoms with Gasteiger partial charge in [-0.1, -0.05) is 60.7 Å². The van der Waals surface area contributed by atoms with Gasteiger partial charge in [0.05, 0.1) is 19.4 Å². The largest absolute Gasteiger partial charge is 0.466 e. The van der Waals surface area contributed by atoms with Gasteiger partial charge in [0.1, 0.15) is 6.61 Å². The Morgan fingerprint density at radius 1 is 1.00 bits per heavy atom. The lowest BCUT2D eigenvalue weighted by molar-refractivity contribution is -0.151. The van der Waals surface area contributed by atoms with Crippen molar-refractivity contribution in [3.8, 4) is 0 Å². The van der Waals surface area contributed by atoms with Crippen LogP contribution < -0.4 is 0 Å². The summed E-state index contributed by atoms with van der Waals surface area (Å²) in [6, 6.07) is 7.56. The van der Waals surface area contributed by atoms with Crippen LogP contribution in [0.4, 0.5) is 0 Å². The lowest BCUT2D eigenvalue weighted by Crippen LogP contribution is -2.11. The Morgan fingerprint density at radius 3 is 2.39 bits per heavy atom. The zero-order chi connectivity index (χ0) is 16.9. The fourth-order valence-corrected chi connectivity index (χ4v) is 2.48. The quantitative estimate of drug-likeness (QED) is 0.406. The van der Waals surface area contributed by atoms with E-state index in [0.29, 0.717) is 6.61 Å². The fourth-order valence-electron chi connectivity index (χ4n) is 2.03. The van der Waals surface area contributed by atoms with E-state index in [1.54, 1.807) is 0 Å². The van der Waals surface area contributed by atoms with Gasteiger partial charge in [0.2, 0.25) is 0 Å². The number of rotatable bonds is 11. The SMILES string of the molecule is CCCCCCCOC(=O)CCC(=O)OCc1cccc(Br)c1. The number of unbranched alkanes of at least 4 members (excludes halogenated alkanes) is 4. The van der Waals surface area contributed by atoms with E-state index in [1.165, 1.54) is 19.3 Å². The Kier molecular flexibility index (Phi) is 10.4. The molecule has 0 radical (unpaired) electrons. The fraction of sp³-hybridized carbons (Fsp3) is 0.556. The van der Waals surface area contributed by atoms with E-state index in [9.17, 15) is 9.59 Å². The maximum Gasteiger partial charge on any atom is 0.306 e. The lowest BCUT2D eigenvalue weighted by atomic mass is 10.2. The third-order valence-corrected chi connectivity index (χ3v) is 3.83. The molecule has 0 fully saturated rings. The number of halogens is 1. The first-order chi connectivity index (χ1) is 11.1. The van der Waals surface area contributed by atoms with E-state index in [0.717, 1.165) is 22.9 Å². The van der Waals surface area contributed by atoms with Gasteiger partial charge in [-0.3, -0.25) is 9.59 Å². The summed E-state index contributed by atoms with van der Waals surface area (Å²) < 4.78 is 11.2. The number of ether oxygens (including phenoxy) is 2. The summed E-state index contributed by atoms with van der Waals surface area (Å²) in [5, 5.41) is 0. The molecule has 0 aromatic heterocycles. The van der Waals surface area contributed by atoms with Crippen LogP contribution in [0.3, 0.4) is 0 Å². The minimum Gasteiger partial charge on any atom is -0.466 e. The first-order valence-corrected chi connectivity index (χ1v) is 8.96. The minimum atomic E-state index is -0.384. The molecule has 0 aliphatic heterocycles. The summed E-state index contributed by atoms with van der Waals surface area (Å²) in [7, 11) is 0. The number of esters is 2. The average Bonchev–Trinajstić information content (AvgIpc) is 2.54. The van der Waals surface area contributed by atoms with Crippen LogP contribution in [0.25, 0.3) is 0 Å². The zero-order valence-electron chi connectivity index (χ0n) is 13.7. The molecule has 0 spiro atoms. The van der Waals surface area contributed by atoms with Gasteiger partial charge in [-0.05, 0) is 24.1 Å². The van der Waals surface area contributed by atoms with Crippen molar-refractivity contribution in [2.75, 3.05) is 6.61 Å². The van der Waals surface area contributed by atoms with Crippen LogP contribution >= 0.6 is 15.9 Å². The highest BCUT2D eigenvalue weighted by Gasteiger charge is 2.09. The van der Waals surface area contributed by atoms with E-state index in [2.05, 4.69) is 22.9 Å². The molecule has 0 saturated carbocycles. The predicted octanol–water partition coefficient (Wildman–Crippen LogP) is 4.79. The standard InChI is InChI=1S/C18H25BrO4/c1-2-3-4-5-6-12-22-17(20)10-11-18(21)23-14-15-8-7-9-16(19)13-15/h7-9,13H,2-6,10-12,14H2,1H3. The van der Waals surface area contributed by atoms with Crippen LogP contribution in [-0.2, 0) is 25.7 Å². The highest BCUT2D eigenvalue weighted by molar-refractivity contribution is 9.10. The molecule has 0 N–H and O–H groups in total. The third-order valence-electron chi connectivity index (χ3n) is 3.33. The van der Waals surface area contributed by atoms with Crippen molar-refractivity contribution >= 4 is 27.9 Å². The van der Waals surface area contributed by atoms with E-state index < -0.39 is 0 Å². The van der Waals surface area contributed by atoms with Crippen LogP contribution in [-0.4, -0.2) is 18.5 Å². The van der Waals surface area contributed by atoms with E-state index in [4.69, 9.17) is 9.47 Å². The molecule has 1 aromatic rings. The number of carbonyl (C=O) groups is 2. The smallest absolute Gasteiger partial charge is 0.306 e. The van der Waals surface area contributed by atoms with Crippen molar-refractivity contribution in [2.24, 2.45) is 0 Å². The molecular weight excluding hydrogens is 360 g/mol. The topological polar surface area (TPSA) is 52.6 Å². The Balaban J connectivity index is 2.07. The first-order valence-electron chi connectivity index (χ1n) is 8.17. The monoisotopic (exact) mass is 384 g/mol. The Hall–Kier alpha value is -1.36. The van der Waals surface area contributed by atoms with Crippen molar-refractivity contribution in [2.45, 2.75) is 58.5 Å². The Morgan fingerprint density at radius 2 is 1.70 bits per heavy atom. The number of benzene rings is 1. The van der Waals surface area contributed by atoms with Crippen LogP contribution in [0.15, 0.2) is 28.7 Å². The second-order valence-electron chi connectivity index (χ2n) is 5.43. The summed E-state index contributed by atoms with van der Waals surface area (Å²) in [4.78, 5) is 23.1. The van der Waals surface area contributed by atoms with Gasteiger partial charge in [-0.2, -0.15) is 0 Å². The second-order valence-corrected chi connectivity index (χ2v) is 6.34. The van der Waals surface area contributed by atoms with Gasteiger partial charge >= 0.3 is 11.9 Å². The predicted molar refractivity (Wildman–Crippen MR) is 92.9 cm³/mol. The van der Waals surface area contributed by atoms with Crippen molar-refractivity contribution in [1.82, 2.24) is 0 Å². The molecule has 0 aliphatic rings. The first kappa shape index (κ1) is 19.7. The highest BCUT2D eigenvalue weighted by Crippen LogP contribution is 2.12. The maximum absolute atomic E-state index is 11.6. The molecular formula is C18H25BrO4. The minimum absolute atomic E-state index is 0.0582. The van der Waals surface area contributed by atoms with E-state index in [1.807, 2.05) is 24.3 Å². The summed E-state index contributed by atoms with van der Waals surface area (Å²) in [5.74, 6) is -0.718. The van der Waals surface area contributed by atoms with E-state index >= 15 is 0 Å². The summed E-state index contributed by atoms with van der Waals surface area (Å²) in [6.07, 6.45) is 5.69. The molecule has 0 aliphatic carbocycles. The lowest BCUT2D eigenvalue weighted by Gasteiger charge is -2.06. The van der Waals surface area contributed by atoms with Gasteiger partial charge in [0, 0.05) is 4.47 Å². The van der Waals surface area contributed by atoms with Gasteiger partial charge in [0.25, 0.3) is 0 Å². The van der Waals surface area contributed by atoms with Crippen molar-refractivity contribution in [3.63, 3.8) is 0 Å². The molecule has 1 rings (SSSR count). The van der Waals surface area contributed by atoms with Crippen LogP contribution in [0.2, 0.25) is 0 Å². The highest BCUT2D eigenvalue weighted by atomic mass is 79.9. The van der Waals surface area contributed by atoms with Crippen molar-refractivity contribution < 1.29 is 19.1 Å². The molecule has 0 saturated heterocycles. The molecule has 128 valence electrons. The van der Waals surface area contributed by atoms with Crippen molar-refractivity contribution in [1.29, 1.82) is 0 Å². The van der Waals surface area contributed by atoms with Crippen LogP contribution in [0.5, 0.6) is 0 Å². The number of carbonyl (C=O) groups excluding carboxylic acids is 2. The normalized spacial score (nSPS) is 10.3. The molecule has 0 atom stereocenters. The maximum atomic E-state index is 11.6. The average molecular weight is 385 g/mol. The van der Waals surface area contributed by atoms with Gasteiger partial charge in [0.15, 0.2) is 0 Å². The van der Waals surface area contributed by atoms with Gasteiger partial charge in [-0.15, -0.1) is 0 Å².